The molecule has 0 amide bonds. The molecule has 2 nitrogen and oxygen atoms in total. The number of hydrogen-bond donors (Lipinski definition) is 0. The van der Waals surface area contributed by atoms with Gasteiger partial charge in [-0.25, -0.2) is 9.37 Å². The summed E-state index contributed by atoms with van der Waals surface area (Å²) in [5.74, 6) is -0.246. The Morgan fingerprint density at radius 2 is 2.29 bits per heavy atom. The van der Waals surface area contributed by atoms with Crippen LogP contribution in [0.2, 0.25) is 0 Å². The number of aryl methyl sites for hydroxylation is 2. The Morgan fingerprint density at radius 1 is 1.47 bits per heavy atom. The Bertz CT molecular complexity index is 522. The van der Waals surface area contributed by atoms with Crippen LogP contribution in [-0.4, -0.2) is 10.8 Å². The molecule has 1 aromatic heterocycles. The summed E-state index contributed by atoms with van der Waals surface area (Å²) < 4.78 is 13.1. The van der Waals surface area contributed by atoms with Crippen molar-refractivity contribution in [2.24, 2.45) is 0 Å². The third kappa shape index (κ3) is 2.97. The molecule has 0 saturated carbocycles. The molecule has 0 unspecified atom stereocenters. The molecule has 17 heavy (non-hydrogen) atoms. The number of carbonyl (C=O) groups is 1. The molecule has 0 spiro atoms. The number of carbonyl (C=O) groups excluding carboxylic acids is 1. The highest BCUT2D eigenvalue weighted by Gasteiger charge is 2.08. The second kappa shape index (κ2) is 5.19. The number of Topliss-reactive ketones (excluding diaryl/α,β-unsaturated/α-hetero) is 1. The van der Waals surface area contributed by atoms with E-state index in [1.807, 2.05) is 5.38 Å². The van der Waals surface area contributed by atoms with Crippen molar-refractivity contribution in [3.63, 3.8) is 0 Å². The fourth-order valence-corrected chi connectivity index (χ4v) is 2.18. The van der Waals surface area contributed by atoms with Crippen LogP contribution in [0, 0.1) is 12.7 Å². The van der Waals surface area contributed by atoms with Crippen molar-refractivity contribution in [3.8, 4) is 0 Å². The van der Waals surface area contributed by atoms with Crippen LogP contribution in [0.4, 0.5) is 4.39 Å². The number of aromatic nitrogens is 1. The van der Waals surface area contributed by atoms with Gasteiger partial charge in [0.2, 0.25) is 0 Å². The summed E-state index contributed by atoms with van der Waals surface area (Å²) in [7, 11) is 0. The van der Waals surface area contributed by atoms with E-state index < -0.39 is 0 Å². The number of benzene rings is 1. The van der Waals surface area contributed by atoms with E-state index in [1.54, 1.807) is 30.5 Å². The van der Waals surface area contributed by atoms with Crippen molar-refractivity contribution >= 4 is 17.1 Å². The zero-order valence-corrected chi connectivity index (χ0v) is 10.3. The molecule has 0 bridgehead atoms. The predicted molar refractivity (Wildman–Crippen MR) is 65.9 cm³/mol. The quantitative estimate of drug-likeness (QED) is 0.777. The SMILES string of the molecule is Cc1cc(C(=O)CCc2nccs2)ccc1F. The molecular formula is C13H12FNOS. The van der Waals surface area contributed by atoms with Gasteiger partial charge in [0.05, 0.1) is 5.01 Å². The Balaban J connectivity index is 2.02. The largest absolute Gasteiger partial charge is 0.294 e. The lowest BCUT2D eigenvalue weighted by Gasteiger charge is -2.02. The van der Waals surface area contributed by atoms with E-state index in [0.717, 1.165) is 5.01 Å². The van der Waals surface area contributed by atoms with Gasteiger partial charge in [-0.05, 0) is 30.7 Å². The Labute approximate surface area is 103 Å². The van der Waals surface area contributed by atoms with Crippen molar-refractivity contribution < 1.29 is 9.18 Å². The standard InChI is InChI=1S/C13H12FNOS/c1-9-8-10(2-3-11(9)14)12(16)4-5-13-15-6-7-17-13/h2-3,6-8H,4-5H2,1H3. The van der Waals surface area contributed by atoms with Crippen LogP contribution in [0.25, 0.3) is 0 Å². The first kappa shape index (κ1) is 11.9. The van der Waals surface area contributed by atoms with Gasteiger partial charge in [-0.1, -0.05) is 0 Å². The highest BCUT2D eigenvalue weighted by atomic mass is 32.1. The molecule has 88 valence electrons. The van der Waals surface area contributed by atoms with E-state index in [-0.39, 0.29) is 11.6 Å². The van der Waals surface area contributed by atoms with Gasteiger partial charge in [0.1, 0.15) is 5.82 Å². The smallest absolute Gasteiger partial charge is 0.163 e. The fraction of sp³-hybridized carbons (Fsp3) is 0.231. The van der Waals surface area contributed by atoms with Crippen LogP contribution in [0.5, 0.6) is 0 Å². The van der Waals surface area contributed by atoms with E-state index in [1.165, 1.54) is 12.1 Å². The molecule has 0 saturated heterocycles. The lowest BCUT2D eigenvalue weighted by Crippen LogP contribution is -2.02. The maximum absolute atomic E-state index is 13.1. The number of hydrogen-bond acceptors (Lipinski definition) is 3. The molecule has 4 heteroatoms. The van der Waals surface area contributed by atoms with Crippen molar-refractivity contribution in [3.05, 3.63) is 51.7 Å². The Morgan fingerprint density at radius 3 is 2.94 bits per heavy atom. The molecule has 0 fully saturated rings. The van der Waals surface area contributed by atoms with E-state index in [9.17, 15) is 9.18 Å². The second-order valence-corrected chi connectivity index (χ2v) is 4.79. The minimum absolute atomic E-state index is 0.0308. The minimum atomic E-state index is -0.276. The first-order valence-electron chi connectivity index (χ1n) is 5.34. The third-order valence-electron chi connectivity index (χ3n) is 2.53. The summed E-state index contributed by atoms with van der Waals surface area (Å²) in [5, 5.41) is 2.85. The van der Waals surface area contributed by atoms with Crippen LogP contribution < -0.4 is 0 Å². The van der Waals surface area contributed by atoms with Gasteiger partial charge in [-0.2, -0.15) is 0 Å². The van der Waals surface area contributed by atoms with Crippen molar-refractivity contribution in [1.29, 1.82) is 0 Å². The zero-order valence-electron chi connectivity index (χ0n) is 9.44. The molecular weight excluding hydrogens is 237 g/mol. The van der Waals surface area contributed by atoms with Gasteiger partial charge in [0.25, 0.3) is 0 Å². The molecule has 1 heterocycles. The van der Waals surface area contributed by atoms with Gasteiger partial charge in [-0.3, -0.25) is 4.79 Å². The zero-order chi connectivity index (χ0) is 12.3. The van der Waals surface area contributed by atoms with Gasteiger partial charge in [0, 0.05) is 30.0 Å². The minimum Gasteiger partial charge on any atom is -0.294 e. The highest BCUT2D eigenvalue weighted by Crippen LogP contribution is 2.13. The van der Waals surface area contributed by atoms with Gasteiger partial charge < -0.3 is 0 Å². The molecule has 0 N–H and O–H groups in total. The average Bonchev–Trinajstić information content (AvgIpc) is 2.82. The van der Waals surface area contributed by atoms with Crippen LogP contribution in [0.1, 0.15) is 27.3 Å². The number of halogens is 1. The third-order valence-corrected chi connectivity index (χ3v) is 3.37. The molecule has 1 aromatic carbocycles. The number of thiazole rings is 1. The summed E-state index contributed by atoms with van der Waals surface area (Å²) in [4.78, 5) is 16.0. The number of rotatable bonds is 4. The van der Waals surface area contributed by atoms with Crippen molar-refractivity contribution in [2.75, 3.05) is 0 Å². The fourth-order valence-electron chi connectivity index (χ4n) is 1.56. The monoisotopic (exact) mass is 249 g/mol. The molecule has 2 aromatic rings. The number of nitrogens with zero attached hydrogens (tertiary/aromatic N) is 1. The second-order valence-electron chi connectivity index (χ2n) is 3.81. The van der Waals surface area contributed by atoms with Crippen LogP contribution >= 0.6 is 11.3 Å². The van der Waals surface area contributed by atoms with E-state index in [2.05, 4.69) is 4.98 Å². The summed E-state index contributed by atoms with van der Waals surface area (Å²) in [5.41, 5.74) is 1.07. The van der Waals surface area contributed by atoms with Crippen molar-refractivity contribution in [1.82, 2.24) is 4.98 Å². The summed E-state index contributed by atoms with van der Waals surface area (Å²) in [6, 6.07) is 4.47. The van der Waals surface area contributed by atoms with Gasteiger partial charge in [0.15, 0.2) is 5.78 Å². The average molecular weight is 249 g/mol. The maximum atomic E-state index is 13.1. The van der Waals surface area contributed by atoms with Crippen LogP contribution in [0.15, 0.2) is 29.8 Å². The normalized spacial score (nSPS) is 10.5. The van der Waals surface area contributed by atoms with Gasteiger partial charge in [-0.15, -0.1) is 11.3 Å². The molecule has 0 aliphatic rings. The van der Waals surface area contributed by atoms with Crippen molar-refractivity contribution in [2.45, 2.75) is 19.8 Å². The predicted octanol–water partition coefficient (Wildman–Crippen LogP) is 3.41. The maximum Gasteiger partial charge on any atom is 0.163 e. The first-order valence-corrected chi connectivity index (χ1v) is 6.22. The molecule has 0 radical (unpaired) electrons. The Kier molecular flexibility index (Phi) is 3.64. The summed E-state index contributed by atoms with van der Waals surface area (Å²) >= 11 is 1.54. The van der Waals surface area contributed by atoms with Gasteiger partial charge >= 0.3 is 0 Å². The molecule has 2 rings (SSSR count). The number of ketones is 1. The van der Waals surface area contributed by atoms with Crippen LogP contribution in [0.3, 0.4) is 0 Å². The Hall–Kier alpha value is -1.55. The van der Waals surface area contributed by atoms with E-state index in [0.29, 0.717) is 24.0 Å². The topological polar surface area (TPSA) is 30.0 Å². The van der Waals surface area contributed by atoms with E-state index in [4.69, 9.17) is 0 Å². The van der Waals surface area contributed by atoms with E-state index >= 15 is 0 Å². The highest BCUT2D eigenvalue weighted by molar-refractivity contribution is 7.09. The van der Waals surface area contributed by atoms with Crippen LogP contribution in [-0.2, 0) is 6.42 Å². The first-order chi connectivity index (χ1) is 8.16. The summed E-state index contributed by atoms with van der Waals surface area (Å²) in [6.07, 6.45) is 2.79. The molecule has 0 aliphatic heterocycles. The lowest BCUT2D eigenvalue weighted by atomic mass is 10.0. The lowest BCUT2D eigenvalue weighted by molar-refractivity contribution is 0.0982. The molecule has 0 atom stereocenters. The molecule has 0 aliphatic carbocycles. The summed E-state index contributed by atoms with van der Waals surface area (Å²) in [6.45, 7) is 1.66.